The lowest BCUT2D eigenvalue weighted by molar-refractivity contribution is 0.216. The molecule has 13 heavy (non-hydrogen) atoms. The number of nitrogens with zero attached hydrogens (tertiary/aromatic N) is 2. The Bertz CT molecular complexity index is 235. The number of hydrazine groups is 2. The second kappa shape index (κ2) is 4.38. The Labute approximate surface area is 82.4 Å². The second-order valence-electron chi connectivity index (χ2n) is 2.96. The third kappa shape index (κ3) is 3.16. The molecule has 0 spiro atoms. The summed E-state index contributed by atoms with van der Waals surface area (Å²) in [5, 5.41) is 9.32. The van der Waals surface area contributed by atoms with Crippen LogP contribution in [0.15, 0.2) is 17.0 Å². The predicted octanol–water partition coefficient (Wildman–Crippen LogP) is 0.196. The van der Waals surface area contributed by atoms with Crippen molar-refractivity contribution in [3.05, 3.63) is 11.9 Å². The molecule has 0 radical (unpaired) electrons. The van der Waals surface area contributed by atoms with E-state index in [4.69, 9.17) is 5.84 Å². The first kappa shape index (κ1) is 10.2. The summed E-state index contributed by atoms with van der Waals surface area (Å²) < 4.78 is 0. The largest absolute Gasteiger partial charge is 0.368 e. The van der Waals surface area contributed by atoms with Crippen molar-refractivity contribution in [1.29, 1.82) is 0 Å². The molecule has 0 aromatic heterocycles. The normalized spacial score (nSPS) is 16.5. The molecule has 0 aliphatic carbocycles. The van der Waals surface area contributed by atoms with Crippen molar-refractivity contribution in [1.82, 2.24) is 16.0 Å². The third-order valence-corrected chi connectivity index (χ3v) is 1.98. The number of thioether (sulfide) groups is 1. The van der Waals surface area contributed by atoms with Crippen LogP contribution in [0.2, 0.25) is 0 Å². The second-order valence-corrected chi connectivity index (χ2v) is 3.78. The van der Waals surface area contributed by atoms with Crippen LogP contribution in [-0.4, -0.2) is 22.6 Å². The molecule has 5 nitrogen and oxygen atoms in total. The highest BCUT2D eigenvalue weighted by Gasteiger charge is 2.09. The van der Waals surface area contributed by atoms with E-state index in [2.05, 4.69) is 29.7 Å². The molecule has 1 heterocycles. The first-order valence-corrected chi connectivity index (χ1v) is 5.26. The highest BCUT2D eigenvalue weighted by atomic mass is 32.2. The van der Waals surface area contributed by atoms with Crippen molar-refractivity contribution in [2.24, 2.45) is 10.9 Å². The van der Waals surface area contributed by atoms with Gasteiger partial charge in [0.25, 0.3) is 0 Å². The Morgan fingerprint density at radius 3 is 2.92 bits per heavy atom. The molecule has 1 rings (SSSR count). The molecular formula is C7H15N5S. The lowest BCUT2D eigenvalue weighted by atomic mass is 10.4. The summed E-state index contributed by atoms with van der Waals surface area (Å²) in [6.45, 7) is 4.13. The molecule has 4 N–H and O–H groups in total. The fourth-order valence-electron chi connectivity index (χ4n) is 0.924. The maximum absolute atomic E-state index is 5.51. The van der Waals surface area contributed by atoms with Gasteiger partial charge in [0, 0.05) is 12.1 Å². The highest BCUT2D eigenvalue weighted by Crippen LogP contribution is 2.06. The molecule has 0 atom stereocenters. The van der Waals surface area contributed by atoms with E-state index in [-0.39, 0.29) is 0 Å². The highest BCUT2D eigenvalue weighted by molar-refractivity contribution is 8.13. The Hall–Kier alpha value is -0.880. The van der Waals surface area contributed by atoms with E-state index in [1.165, 1.54) is 5.23 Å². The summed E-state index contributed by atoms with van der Waals surface area (Å²) in [4.78, 5) is 0. The average molecular weight is 201 g/mol. The maximum atomic E-state index is 5.51. The minimum absolute atomic E-state index is 0.369. The van der Waals surface area contributed by atoms with Gasteiger partial charge in [0.05, 0.1) is 0 Å². The minimum atomic E-state index is 0.369. The molecule has 0 bridgehead atoms. The van der Waals surface area contributed by atoms with Gasteiger partial charge in [0.15, 0.2) is 0 Å². The fraction of sp³-hybridized carbons (Fsp3) is 0.571. The van der Waals surface area contributed by atoms with E-state index in [1.807, 2.05) is 12.3 Å². The smallest absolute Gasteiger partial charge is 0.123 e. The summed E-state index contributed by atoms with van der Waals surface area (Å²) >= 11 is 1.55. The summed E-state index contributed by atoms with van der Waals surface area (Å²) in [7, 11) is 0. The van der Waals surface area contributed by atoms with Crippen LogP contribution < -0.4 is 16.6 Å². The summed E-state index contributed by atoms with van der Waals surface area (Å²) in [5.74, 6) is 6.38. The lowest BCUT2D eigenvalue weighted by Crippen LogP contribution is -2.46. The standard InChI is InChI=1S/C7H15N5S/c1-5(2)9-6-4-7(13-3)11-12(8)10-6/h4-5,9-10H,8H2,1-3H3. The number of hydrogen-bond donors (Lipinski definition) is 3. The van der Waals surface area contributed by atoms with Crippen molar-refractivity contribution in [3.63, 3.8) is 0 Å². The Morgan fingerprint density at radius 1 is 1.69 bits per heavy atom. The number of nitrogens with two attached hydrogens (primary N) is 1. The Balaban J connectivity index is 2.65. The van der Waals surface area contributed by atoms with Gasteiger partial charge in [-0.1, -0.05) is 0 Å². The van der Waals surface area contributed by atoms with E-state index in [9.17, 15) is 0 Å². The van der Waals surface area contributed by atoms with Gasteiger partial charge in [-0.25, -0.2) is 5.84 Å². The van der Waals surface area contributed by atoms with Gasteiger partial charge in [-0.2, -0.15) is 0 Å². The van der Waals surface area contributed by atoms with Crippen molar-refractivity contribution < 1.29 is 0 Å². The van der Waals surface area contributed by atoms with Gasteiger partial charge in [0.1, 0.15) is 10.9 Å². The first-order valence-electron chi connectivity index (χ1n) is 4.04. The molecule has 0 saturated heterocycles. The van der Waals surface area contributed by atoms with Crippen molar-refractivity contribution >= 4 is 16.8 Å². The van der Waals surface area contributed by atoms with E-state index < -0.39 is 0 Å². The molecule has 0 unspecified atom stereocenters. The van der Waals surface area contributed by atoms with Crippen LogP contribution in [0.1, 0.15) is 13.8 Å². The van der Waals surface area contributed by atoms with Crippen molar-refractivity contribution in [3.8, 4) is 0 Å². The first-order chi connectivity index (χ1) is 6.11. The lowest BCUT2D eigenvalue weighted by Gasteiger charge is -2.24. The van der Waals surface area contributed by atoms with Gasteiger partial charge in [-0.05, 0) is 20.1 Å². The van der Waals surface area contributed by atoms with Gasteiger partial charge >= 0.3 is 0 Å². The van der Waals surface area contributed by atoms with E-state index in [1.54, 1.807) is 11.8 Å². The fourth-order valence-corrected chi connectivity index (χ4v) is 1.33. The molecule has 1 aliphatic heterocycles. The van der Waals surface area contributed by atoms with Crippen molar-refractivity contribution in [2.45, 2.75) is 19.9 Å². The quantitative estimate of drug-likeness (QED) is 0.557. The number of nitrogens with one attached hydrogen (secondary N) is 2. The number of hydrogen-bond acceptors (Lipinski definition) is 6. The molecule has 0 amide bonds. The van der Waals surface area contributed by atoms with Crippen LogP contribution in [0.5, 0.6) is 0 Å². The Morgan fingerprint density at radius 2 is 2.38 bits per heavy atom. The van der Waals surface area contributed by atoms with Crippen LogP contribution in [0.4, 0.5) is 0 Å². The van der Waals surface area contributed by atoms with Gasteiger partial charge in [-0.3, -0.25) is 5.43 Å². The molecular weight excluding hydrogens is 186 g/mol. The molecule has 0 fully saturated rings. The van der Waals surface area contributed by atoms with Crippen LogP contribution in [0.3, 0.4) is 0 Å². The summed E-state index contributed by atoms with van der Waals surface area (Å²) in [5.41, 5.74) is 2.87. The zero-order valence-electron chi connectivity index (χ0n) is 8.03. The molecule has 1 aliphatic rings. The zero-order chi connectivity index (χ0) is 9.84. The van der Waals surface area contributed by atoms with E-state index >= 15 is 0 Å². The zero-order valence-corrected chi connectivity index (χ0v) is 8.85. The molecule has 0 aromatic rings. The van der Waals surface area contributed by atoms with E-state index in [0.29, 0.717) is 6.04 Å². The van der Waals surface area contributed by atoms with Crippen molar-refractivity contribution in [2.75, 3.05) is 6.26 Å². The number of rotatable bonds is 2. The molecule has 6 heteroatoms. The minimum Gasteiger partial charge on any atom is -0.368 e. The summed E-state index contributed by atoms with van der Waals surface area (Å²) in [6, 6.07) is 0.369. The summed E-state index contributed by atoms with van der Waals surface area (Å²) in [6.07, 6.45) is 3.88. The van der Waals surface area contributed by atoms with Crippen LogP contribution >= 0.6 is 11.8 Å². The molecule has 0 saturated carbocycles. The predicted molar refractivity (Wildman–Crippen MR) is 56.5 cm³/mol. The van der Waals surface area contributed by atoms with Gasteiger partial charge < -0.3 is 5.32 Å². The third-order valence-electron chi connectivity index (χ3n) is 1.36. The molecule has 0 aromatic carbocycles. The monoisotopic (exact) mass is 201 g/mol. The van der Waals surface area contributed by atoms with Gasteiger partial charge in [0.2, 0.25) is 0 Å². The Kier molecular flexibility index (Phi) is 3.44. The molecule has 74 valence electrons. The topological polar surface area (TPSA) is 65.7 Å². The number of hydrazone groups is 1. The van der Waals surface area contributed by atoms with Crippen LogP contribution in [0.25, 0.3) is 0 Å². The van der Waals surface area contributed by atoms with E-state index in [0.717, 1.165) is 10.9 Å². The van der Waals surface area contributed by atoms with Crippen LogP contribution in [0, 0.1) is 0 Å². The average Bonchev–Trinajstić information content (AvgIpc) is 2.01. The maximum Gasteiger partial charge on any atom is 0.123 e. The van der Waals surface area contributed by atoms with Crippen LogP contribution in [-0.2, 0) is 0 Å². The SMILES string of the molecule is CSC1=NN(N)NC(NC(C)C)=C1. The van der Waals surface area contributed by atoms with Gasteiger partial charge in [-0.15, -0.1) is 22.1 Å².